The number of carboxylic acid groups (broad SMARTS) is 1. The number of guanidine groups is 1. The number of nitrogens with zero attached hydrogens (tertiary/aromatic N) is 1. The van der Waals surface area contributed by atoms with Crippen molar-refractivity contribution >= 4 is 130 Å². The van der Waals surface area contributed by atoms with E-state index >= 15 is 0 Å². The summed E-state index contributed by atoms with van der Waals surface area (Å²) in [6, 6.07) is -14.4. The molecule has 1 aromatic carbocycles. The molecule has 32 N–H and O–H groups in total. The number of hydrogen-bond acceptors (Lipinski definition) is 26. The lowest BCUT2D eigenvalue weighted by atomic mass is 10.0. The molecule has 0 aliphatic heterocycles. The molecule has 0 heterocycles. The van der Waals surface area contributed by atoms with Crippen LogP contribution in [0.15, 0.2) is 29.3 Å². The van der Waals surface area contributed by atoms with Crippen molar-refractivity contribution in [2.75, 3.05) is 63.3 Å². The van der Waals surface area contributed by atoms with E-state index in [9.17, 15) is 102 Å². The standard InChI is InChI=1S/C99H178N22O21S2/c1-8-10-12-14-16-18-20-21-22-24-25-27-29-31-41-70(109-82(126)45-32-30-28-26-23-19-17-15-13-11-9-2)88(132)116-75(52-58-143-6)87(131)108-63-83(127)110-78(61-67-46-48-68(124)49-47-67)95(139)115-74(50-51-81(103)125)92(136)113-71(42-34-37-55-101)89(133)112-72(43-35-38-56-102)90(134)118-77(60-65(3)4)94(138)114-73(44-39-57-107-99(105)106)91(135)120-80(64-122)97(141)117-76(53-59-144-7)93(137)121-85(66(5)123)98(142)119-79(62-84(128)129)96(140)111-69(86(104)130)40-33-36-54-100/h46-49,65-66,69-80,85,122-124H,8-45,50-64,100-102H2,1-7H3,(H2,103,125)(H2,104,130)(H,108,131)(H,109,126)(H,110,127)(H,111,140)(H,112,133)(H,113,136)(H,114,138)(H,115,139)(H,116,132)(H,117,141)(H,118,134)(H,119,142)(H,120,135)(H,121,137)(H,128,129)(H4,105,106,107)/t66-,69+,70?,71+,72+,73+,74+,75+,76+,77+,78+,79+,80+,85+/m1/s1. The Morgan fingerprint density at radius 3 is 1.09 bits per heavy atom. The largest absolute Gasteiger partial charge is 0.508 e. The van der Waals surface area contributed by atoms with Crippen LogP contribution < -0.4 is 115 Å². The van der Waals surface area contributed by atoms with E-state index in [1.54, 1.807) is 20.1 Å². The number of primary amides is 2. The number of benzene rings is 1. The summed E-state index contributed by atoms with van der Waals surface area (Å²) in [5.41, 5.74) is 40.1. The average molecular weight is 2080 g/mol. The predicted molar refractivity (Wildman–Crippen MR) is 559 cm³/mol. The molecule has 14 atom stereocenters. The highest BCUT2D eigenvalue weighted by Crippen LogP contribution is 2.21. The van der Waals surface area contributed by atoms with Gasteiger partial charge in [-0.05, 0) is 183 Å². The summed E-state index contributed by atoms with van der Waals surface area (Å²) in [5, 5.41) is 77.4. The molecule has 43 nitrogen and oxygen atoms in total. The molecular weight excluding hydrogens is 1900 g/mol. The van der Waals surface area contributed by atoms with Crippen molar-refractivity contribution in [1.82, 2.24) is 74.4 Å². The van der Waals surface area contributed by atoms with Crippen LogP contribution in [-0.2, 0) is 87.9 Å². The van der Waals surface area contributed by atoms with E-state index < -0.39 is 212 Å². The summed E-state index contributed by atoms with van der Waals surface area (Å²) >= 11 is 2.64. The first-order chi connectivity index (χ1) is 68.8. The number of thioether (sulfide) groups is 2. The number of unbranched alkanes of at least 4 members (excludes halogenated alkanes) is 26. The Hall–Kier alpha value is -10.2. The maximum atomic E-state index is 14.9. The quantitative estimate of drug-likeness (QED) is 0.0253. The molecule has 0 saturated heterocycles. The van der Waals surface area contributed by atoms with Gasteiger partial charge >= 0.3 is 5.97 Å². The second-order valence-electron chi connectivity index (χ2n) is 37.5. The maximum absolute atomic E-state index is 14.9. The van der Waals surface area contributed by atoms with Crippen LogP contribution in [0.3, 0.4) is 0 Å². The molecule has 822 valence electrons. The summed E-state index contributed by atoms with van der Waals surface area (Å²) in [4.78, 5) is 242. The van der Waals surface area contributed by atoms with Gasteiger partial charge in [-0.3, -0.25) is 86.5 Å². The smallest absolute Gasteiger partial charge is 0.305 e. The highest BCUT2D eigenvalue weighted by Gasteiger charge is 2.39. The molecule has 0 aromatic heterocycles. The van der Waals surface area contributed by atoms with Crippen molar-refractivity contribution in [1.29, 1.82) is 0 Å². The van der Waals surface area contributed by atoms with Crippen LogP contribution in [0.5, 0.6) is 5.75 Å². The zero-order valence-electron chi connectivity index (χ0n) is 86.5. The van der Waals surface area contributed by atoms with Crippen LogP contribution >= 0.6 is 23.5 Å². The molecule has 144 heavy (non-hydrogen) atoms. The molecular formula is C99H178N22O21S2. The van der Waals surface area contributed by atoms with Gasteiger partial charge in [-0.25, -0.2) is 0 Å². The van der Waals surface area contributed by atoms with Crippen LogP contribution in [0.2, 0.25) is 0 Å². The molecule has 1 aromatic rings. The fourth-order valence-electron chi connectivity index (χ4n) is 15.9. The van der Waals surface area contributed by atoms with E-state index in [2.05, 4.69) is 93.3 Å². The minimum atomic E-state index is -1.93. The normalized spacial score (nSPS) is 14.1. The number of aliphatic imine (C=N–C) groups is 1. The molecule has 16 amide bonds. The van der Waals surface area contributed by atoms with Crippen molar-refractivity contribution in [3.8, 4) is 5.75 Å². The van der Waals surface area contributed by atoms with E-state index in [-0.39, 0.29) is 133 Å². The third-order valence-electron chi connectivity index (χ3n) is 24.3. The first-order valence-electron chi connectivity index (χ1n) is 52.0. The summed E-state index contributed by atoms with van der Waals surface area (Å²) in [5.74, 6) is -16.8. The van der Waals surface area contributed by atoms with Crippen molar-refractivity contribution in [2.45, 2.75) is 408 Å². The fraction of sp³-hybridized carbons (Fsp3) is 0.758. The van der Waals surface area contributed by atoms with Crippen LogP contribution in [-0.4, -0.2) is 275 Å². The van der Waals surface area contributed by atoms with Gasteiger partial charge in [0, 0.05) is 25.8 Å². The Balaban J connectivity index is 3.72. The number of hydrogen-bond donors (Lipinski definition) is 25. The number of phenolic OH excluding ortho intramolecular Hbond substituents is 1. The van der Waals surface area contributed by atoms with Crippen LogP contribution in [0, 0.1) is 5.92 Å². The number of nitrogens with two attached hydrogens (primary N) is 7. The second-order valence-corrected chi connectivity index (χ2v) is 39.5. The minimum absolute atomic E-state index is 0.0127. The number of aliphatic hydroxyl groups is 2. The summed E-state index contributed by atoms with van der Waals surface area (Å²) in [6.45, 7) is 7.52. The van der Waals surface area contributed by atoms with E-state index in [1.807, 2.05) is 6.26 Å². The maximum Gasteiger partial charge on any atom is 0.305 e. The van der Waals surface area contributed by atoms with Crippen LogP contribution in [0.4, 0.5) is 0 Å². The molecule has 1 rings (SSSR count). The number of aliphatic carboxylic acids is 1. The van der Waals surface area contributed by atoms with Gasteiger partial charge in [0.15, 0.2) is 5.96 Å². The summed E-state index contributed by atoms with van der Waals surface area (Å²) in [6.07, 6.45) is 29.3. The summed E-state index contributed by atoms with van der Waals surface area (Å²) < 4.78 is 0. The van der Waals surface area contributed by atoms with E-state index in [1.165, 1.54) is 144 Å². The van der Waals surface area contributed by atoms with Gasteiger partial charge in [0.25, 0.3) is 0 Å². The van der Waals surface area contributed by atoms with Gasteiger partial charge in [-0.1, -0.05) is 194 Å². The van der Waals surface area contributed by atoms with E-state index in [0.717, 1.165) is 58.3 Å². The highest BCUT2D eigenvalue weighted by molar-refractivity contribution is 7.98. The Labute approximate surface area is 860 Å². The van der Waals surface area contributed by atoms with Crippen LogP contribution in [0.1, 0.15) is 323 Å². The molecule has 0 aliphatic rings. The number of carbonyl (C=O) groups excluding carboxylic acids is 16. The Morgan fingerprint density at radius 1 is 0.354 bits per heavy atom. The SMILES string of the molecule is CCCCCCCCCCCCCCCCC(NC(=O)CCCCCCCCCCCCC)C(=O)N[C@@H](CCSC)C(=O)NCC(=O)N[C@@H](Cc1ccc(O)cc1)C(=O)N[C@@H](CCC(N)=O)C(=O)N[C@@H](CCCCN)C(=O)N[C@@H](CCCCN)C(=O)N[C@@H](CC(C)C)C(=O)N[C@@H](CCCN=C(N)N)C(=O)N[C@@H](CO)C(=O)N[C@@H](CCSC)C(=O)N[C@H](C(=O)N[C@@H](CC(=O)O)C(=O)N[C@@H](CCCCN)C(N)=O)[C@@H](C)O. The molecule has 45 heteroatoms. The van der Waals surface area contributed by atoms with E-state index in [0.29, 0.717) is 56.3 Å². The van der Waals surface area contributed by atoms with Crippen LogP contribution in [0.25, 0.3) is 0 Å². The molecule has 1 unspecified atom stereocenters. The topological polar surface area (TPSA) is 734 Å². The van der Waals surface area contributed by atoms with Crippen molar-refractivity contribution < 1.29 is 102 Å². The lowest BCUT2D eigenvalue weighted by Gasteiger charge is -2.29. The zero-order valence-corrected chi connectivity index (χ0v) is 88.1. The average Bonchev–Trinajstić information content (AvgIpc) is 0.808. The molecule has 0 radical (unpaired) electrons. The number of amides is 16. The Bertz CT molecular complexity index is 3970. The highest BCUT2D eigenvalue weighted by atomic mass is 32.2. The van der Waals surface area contributed by atoms with Gasteiger partial charge in [0.1, 0.15) is 84.3 Å². The van der Waals surface area contributed by atoms with Gasteiger partial charge in [-0.2, -0.15) is 23.5 Å². The van der Waals surface area contributed by atoms with Gasteiger partial charge in [-0.15, -0.1) is 0 Å². The minimum Gasteiger partial charge on any atom is -0.508 e. The lowest BCUT2D eigenvalue weighted by molar-refractivity contribution is -0.142. The number of nitrogens with one attached hydrogen (secondary N) is 14. The third-order valence-corrected chi connectivity index (χ3v) is 25.6. The Kier molecular flexibility index (Phi) is 74.1. The van der Waals surface area contributed by atoms with Crippen molar-refractivity contribution in [3.05, 3.63) is 29.8 Å². The first kappa shape index (κ1) is 132. The number of carboxylic acids is 1. The van der Waals surface area contributed by atoms with Gasteiger partial charge in [0.2, 0.25) is 94.5 Å². The predicted octanol–water partition coefficient (Wildman–Crippen LogP) is 2.52. The lowest BCUT2D eigenvalue weighted by Crippen LogP contribution is -2.62. The third kappa shape index (κ3) is 61.9. The Morgan fingerprint density at radius 2 is 0.688 bits per heavy atom. The number of rotatable bonds is 88. The molecule has 0 saturated carbocycles. The molecule has 0 fully saturated rings. The zero-order chi connectivity index (χ0) is 108. The molecule has 0 aliphatic carbocycles. The van der Waals surface area contributed by atoms with Gasteiger partial charge < -0.3 is 135 Å². The number of aromatic hydroxyl groups is 1. The van der Waals surface area contributed by atoms with E-state index in [4.69, 9.17) is 40.1 Å². The van der Waals surface area contributed by atoms with Gasteiger partial charge in [0.05, 0.1) is 25.7 Å². The first-order valence-corrected chi connectivity index (χ1v) is 54.8. The van der Waals surface area contributed by atoms with Crippen molar-refractivity contribution in [2.24, 2.45) is 51.0 Å². The number of carbonyl (C=O) groups is 17. The molecule has 0 spiro atoms. The molecule has 0 bridgehead atoms. The number of aliphatic hydroxyl groups excluding tert-OH is 2. The van der Waals surface area contributed by atoms with Crippen molar-refractivity contribution in [3.63, 3.8) is 0 Å². The summed E-state index contributed by atoms with van der Waals surface area (Å²) in [7, 11) is 0. The fourth-order valence-corrected chi connectivity index (χ4v) is 16.9. The second kappa shape index (κ2) is 80.9. The number of phenols is 1. The monoisotopic (exact) mass is 2080 g/mol.